The van der Waals surface area contributed by atoms with Crippen molar-refractivity contribution in [3.05, 3.63) is 0 Å². The van der Waals surface area contributed by atoms with Crippen LogP contribution in [0.25, 0.3) is 0 Å². The van der Waals surface area contributed by atoms with Crippen molar-refractivity contribution in [2.45, 2.75) is 70.3 Å². The van der Waals surface area contributed by atoms with Gasteiger partial charge in [-0.05, 0) is 50.4 Å². The van der Waals surface area contributed by atoms with Crippen molar-refractivity contribution in [2.24, 2.45) is 23.5 Å². The van der Waals surface area contributed by atoms with E-state index in [-0.39, 0.29) is 5.92 Å². The molecule has 1 heterocycles. The Morgan fingerprint density at radius 2 is 1.40 bits per heavy atom. The van der Waals surface area contributed by atoms with Crippen molar-refractivity contribution >= 4 is 5.91 Å². The third-order valence-electron chi connectivity index (χ3n) is 5.93. The molecule has 3 fully saturated rings. The number of amides is 1. The molecule has 0 spiro atoms. The predicted molar refractivity (Wildman–Crippen MR) is 81.2 cm³/mol. The Balaban J connectivity index is 1.61. The lowest BCUT2D eigenvalue weighted by atomic mass is 9.65. The third-order valence-corrected chi connectivity index (χ3v) is 5.93. The summed E-state index contributed by atoms with van der Waals surface area (Å²) in [7, 11) is 0. The minimum atomic E-state index is 0.282. The molecule has 3 heteroatoms. The molecule has 1 saturated heterocycles. The van der Waals surface area contributed by atoms with Crippen LogP contribution >= 0.6 is 0 Å². The number of hydrogen-bond donors (Lipinski definition) is 1. The average Bonchev–Trinajstić information content (AvgIpc) is 2.37. The fourth-order valence-electron chi connectivity index (χ4n) is 4.72. The standard InChI is InChI=1S/C17H30N2O/c18-16-13-7-6-8-14(16)12-15(11-13)17(20)19-9-4-2-1-3-5-10-19/h13-16H,1-12,18H2. The topological polar surface area (TPSA) is 46.3 Å². The Labute approximate surface area is 123 Å². The van der Waals surface area contributed by atoms with E-state index in [1.165, 1.54) is 51.4 Å². The Kier molecular flexibility index (Phi) is 4.65. The van der Waals surface area contributed by atoms with Gasteiger partial charge in [0.15, 0.2) is 0 Å². The molecule has 3 nitrogen and oxygen atoms in total. The van der Waals surface area contributed by atoms with Gasteiger partial charge >= 0.3 is 0 Å². The second-order valence-electron chi connectivity index (χ2n) is 7.29. The second kappa shape index (κ2) is 6.46. The minimum absolute atomic E-state index is 0.282. The van der Waals surface area contributed by atoms with Crippen molar-refractivity contribution in [3.63, 3.8) is 0 Å². The predicted octanol–water partition coefficient (Wildman–Crippen LogP) is 2.93. The summed E-state index contributed by atoms with van der Waals surface area (Å²) in [5.41, 5.74) is 6.35. The molecule has 2 N–H and O–H groups in total. The molecule has 114 valence electrons. The zero-order valence-corrected chi connectivity index (χ0v) is 12.7. The summed E-state index contributed by atoms with van der Waals surface area (Å²) < 4.78 is 0. The zero-order valence-electron chi connectivity index (χ0n) is 12.7. The second-order valence-corrected chi connectivity index (χ2v) is 7.29. The van der Waals surface area contributed by atoms with Crippen LogP contribution in [-0.4, -0.2) is 29.9 Å². The molecule has 2 bridgehead atoms. The van der Waals surface area contributed by atoms with Crippen LogP contribution in [0.15, 0.2) is 0 Å². The van der Waals surface area contributed by atoms with E-state index in [1.54, 1.807) is 0 Å². The van der Waals surface area contributed by atoms with Crippen LogP contribution in [0.1, 0.15) is 64.2 Å². The van der Waals surface area contributed by atoms with Gasteiger partial charge in [-0.1, -0.05) is 25.7 Å². The van der Waals surface area contributed by atoms with E-state index in [9.17, 15) is 4.79 Å². The third kappa shape index (κ3) is 3.03. The summed E-state index contributed by atoms with van der Waals surface area (Å²) in [6, 6.07) is 0.375. The van der Waals surface area contributed by atoms with Crippen LogP contribution in [0.2, 0.25) is 0 Å². The molecule has 0 aromatic rings. The van der Waals surface area contributed by atoms with Gasteiger partial charge in [0, 0.05) is 25.0 Å². The molecule has 1 amide bonds. The molecule has 2 unspecified atom stereocenters. The Morgan fingerprint density at radius 3 is 2.00 bits per heavy atom. The summed E-state index contributed by atoms with van der Waals surface area (Å²) in [5, 5.41) is 0. The van der Waals surface area contributed by atoms with Gasteiger partial charge in [0.25, 0.3) is 0 Å². The van der Waals surface area contributed by atoms with Crippen LogP contribution < -0.4 is 5.73 Å². The van der Waals surface area contributed by atoms with Crippen LogP contribution in [0.3, 0.4) is 0 Å². The number of rotatable bonds is 1. The number of carbonyl (C=O) groups is 1. The van der Waals surface area contributed by atoms with Gasteiger partial charge in [0.2, 0.25) is 5.91 Å². The van der Waals surface area contributed by atoms with Crippen LogP contribution in [0.5, 0.6) is 0 Å². The van der Waals surface area contributed by atoms with Crippen LogP contribution in [0, 0.1) is 17.8 Å². The fraction of sp³-hybridized carbons (Fsp3) is 0.941. The maximum atomic E-state index is 12.8. The quantitative estimate of drug-likeness (QED) is 0.801. The Bertz CT molecular complexity index is 322. The molecule has 3 rings (SSSR count). The molecule has 20 heavy (non-hydrogen) atoms. The summed E-state index contributed by atoms with van der Waals surface area (Å²) in [5.74, 6) is 1.97. The zero-order chi connectivity index (χ0) is 13.9. The highest BCUT2D eigenvalue weighted by atomic mass is 16.2. The highest BCUT2D eigenvalue weighted by Crippen LogP contribution is 2.42. The SMILES string of the molecule is NC1C2CCCC1CC(C(=O)N1CCCCCCC1)C2. The lowest BCUT2D eigenvalue weighted by Crippen LogP contribution is -2.50. The Hall–Kier alpha value is -0.570. The van der Waals surface area contributed by atoms with E-state index in [0.29, 0.717) is 23.8 Å². The van der Waals surface area contributed by atoms with Crippen molar-refractivity contribution in [1.29, 1.82) is 0 Å². The number of carbonyl (C=O) groups excluding carboxylic acids is 1. The van der Waals surface area contributed by atoms with Crippen molar-refractivity contribution < 1.29 is 4.79 Å². The average molecular weight is 278 g/mol. The molecule has 0 radical (unpaired) electrons. The number of fused-ring (bicyclic) bond motifs is 2. The fourth-order valence-corrected chi connectivity index (χ4v) is 4.72. The van der Waals surface area contributed by atoms with Gasteiger partial charge in [0.05, 0.1) is 0 Å². The maximum absolute atomic E-state index is 12.8. The number of nitrogens with zero attached hydrogens (tertiary/aromatic N) is 1. The van der Waals surface area contributed by atoms with Crippen molar-refractivity contribution in [1.82, 2.24) is 4.90 Å². The smallest absolute Gasteiger partial charge is 0.225 e. The van der Waals surface area contributed by atoms with E-state index in [0.717, 1.165) is 25.9 Å². The molecular formula is C17H30N2O. The van der Waals surface area contributed by atoms with E-state index < -0.39 is 0 Å². The summed E-state index contributed by atoms with van der Waals surface area (Å²) >= 11 is 0. The van der Waals surface area contributed by atoms with Crippen molar-refractivity contribution in [3.8, 4) is 0 Å². The van der Waals surface area contributed by atoms with Crippen LogP contribution in [0.4, 0.5) is 0 Å². The lowest BCUT2D eigenvalue weighted by Gasteiger charge is -2.44. The van der Waals surface area contributed by atoms with Gasteiger partial charge in [0.1, 0.15) is 0 Å². The summed E-state index contributed by atoms with van der Waals surface area (Å²) in [6.07, 6.45) is 12.3. The minimum Gasteiger partial charge on any atom is -0.342 e. The van der Waals surface area contributed by atoms with E-state index in [1.807, 2.05) is 0 Å². The summed E-state index contributed by atoms with van der Waals surface area (Å²) in [6.45, 7) is 1.99. The normalized spacial score (nSPS) is 39.0. The molecular weight excluding hydrogens is 248 g/mol. The molecule has 2 atom stereocenters. The summed E-state index contributed by atoms with van der Waals surface area (Å²) in [4.78, 5) is 15.0. The van der Waals surface area contributed by atoms with E-state index >= 15 is 0 Å². The molecule has 0 aromatic heterocycles. The van der Waals surface area contributed by atoms with E-state index in [4.69, 9.17) is 5.73 Å². The molecule has 3 aliphatic rings. The van der Waals surface area contributed by atoms with Gasteiger partial charge in [-0.2, -0.15) is 0 Å². The largest absolute Gasteiger partial charge is 0.342 e. The highest BCUT2D eigenvalue weighted by molar-refractivity contribution is 5.79. The molecule has 0 aromatic carbocycles. The number of hydrogen-bond acceptors (Lipinski definition) is 2. The van der Waals surface area contributed by atoms with E-state index in [2.05, 4.69) is 4.90 Å². The first-order chi connectivity index (χ1) is 9.75. The highest BCUT2D eigenvalue weighted by Gasteiger charge is 2.41. The first kappa shape index (κ1) is 14.4. The van der Waals surface area contributed by atoms with Gasteiger partial charge < -0.3 is 10.6 Å². The molecule has 1 aliphatic heterocycles. The van der Waals surface area contributed by atoms with Crippen LogP contribution in [-0.2, 0) is 4.79 Å². The molecule has 2 aliphatic carbocycles. The number of nitrogens with two attached hydrogens (primary N) is 1. The van der Waals surface area contributed by atoms with Crippen molar-refractivity contribution in [2.75, 3.05) is 13.1 Å². The van der Waals surface area contributed by atoms with Gasteiger partial charge in [-0.25, -0.2) is 0 Å². The number of likely N-dealkylation sites (tertiary alicyclic amines) is 1. The lowest BCUT2D eigenvalue weighted by molar-refractivity contribution is -0.139. The first-order valence-electron chi connectivity index (χ1n) is 8.80. The van der Waals surface area contributed by atoms with Gasteiger partial charge in [-0.3, -0.25) is 4.79 Å². The van der Waals surface area contributed by atoms with Gasteiger partial charge in [-0.15, -0.1) is 0 Å². The Morgan fingerprint density at radius 1 is 0.850 bits per heavy atom. The maximum Gasteiger partial charge on any atom is 0.225 e. The monoisotopic (exact) mass is 278 g/mol. The first-order valence-corrected chi connectivity index (χ1v) is 8.80. The molecule has 2 saturated carbocycles.